The standard InChI is InChI=1S/C12H15NO2.C12H13NO2.C10H19BO2.C10H8BrNO3.C8H5BrClNO.C8H6BrNO2.C6H6BrNO.C5H11ClO3.CH2O3.2K.H/c2*1-8(2)6-9-4-3-5-10-12(9)15-11(7-14)13-10;1-8(2)7-11-12-9(3,4)10(5,6)13-11;1-6(13)14-5-9-12-8-4-2-3-7(11)10(8)15-9;9-5-2-1-3-6-8(5)12-7(4-10)11-6;9-5-2-1-3-6-8(5)12-7(4-11)10-6;7-4-2-1-3-5(8)6(4)9;1-7-5(4-6,8-2)9-3;2-1-4-3;;;/h3-5,8,14H,6-7H2,1-2H3;3-6,14H,7H2,1-2H3;7H,1-6H3;2-4H,5H2,1H3;1-3H,4H2;1-3,11H,4H2;1-3,9H,8H2;4H2,1-3H3;1,3H;;;/q;;;;;;;;;2*+1;-1/p-1. The number of anilines is 1. The second-order valence-corrected chi connectivity index (χ2v) is 27.6. The summed E-state index contributed by atoms with van der Waals surface area (Å²) in [6, 6.07) is 33.7. The van der Waals surface area contributed by atoms with Crippen molar-refractivity contribution >= 4 is 174 Å². The third kappa shape index (κ3) is 31.4. The number of aliphatic hydroxyl groups is 3. The quantitative estimate of drug-likeness (QED) is 0.00732. The number of methoxy groups -OCH3 is 3. The van der Waals surface area contributed by atoms with Gasteiger partial charge < -0.3 is 88.1 Å². The summed E-state index contributed by atoms with van der Waals surface area (Å²) in [6.07, 6.45) is 3.01. The molecule has 0 amide bonds. The molecule has 12 rings (SSSR count). The number of phenols is 1. The SMILES string of the molecule is CC(=O)OCc1nc2cccc(Br)c2o1.CC(C)=CB1OC(C)(C)C(C)(C)O1.CC(C)=Cc1cccc2nc(CO)oc12.CC(C)Cc1cccc2nc(CO)oc12.COC(CCl)(OC)OC.ClCc1nc2cccc(Br)c2o1.Nc1cccc(Br)c1O.O=CO[O-].OCc1nc2cccc(Br)c2o1.[H-].[K+].[K+]. The summed E-state index contributed by atoms with van der Waals surface area (Å²) < 4.78 is 60.9. The Morgan fingerprint density at radius 1 is 0.594 bits per heavy atom. The Balaban J connectivity index is 0.000000608. The number of carbonyl (C=O) groups excluding carboxylic acids is 2. The van der Waals surface area contributed by atoms with E-state index >= 15 is 0 Å². The zero-order valence-electron chi connectivity index (χ0n) is 62.7. The number of carbonyl (C=O) groups is 2. The first-order valence-corrected chi connectivity index (χ1v) is 35.8. The fraction of sp³-hybridized carbons (Fsp3) is 0.347. The number of ether oxygens (including phenoxy) is 4. The topological polar surface area (TPSA) is 359 Å². The minimum absolute atomic E-state index is 0. The Bertz CT molecular complexity index is 4420. The fourth-order valence-corrected chi connectivity index (χ4v) is 10.8. The molecule has 0 saturated carbocycles. The molecule has 0 unspecified atom stereocenters. The number of nitrogens with zero attached hydrogens (tertiary/aromatic N) is 5. The van der Waals surface area contributed by atoms with Crippen LogP contribution in [0.5, 0.6) is 5.75 Å². The van der Waals surface area contributed by atoms with Crippen LogP contribution >= 0.6 is 86.9 Å². The van der Waals surface area contributed by atoms with Crippen molar-refractivity contribution in [2.75, 3.05) is 32.9 Å². The molecule has 1 saturated heterocycles. The maximum atomic E-state index is 10.6. The molecule has 0 bridgehead atoms. The summed E-state index contributed by atoms with van der Waals surface area (Å²) in [6.45, 7) is 21.5. The van der Waals surface area contributed by atoms with Crippen LogP contribution in [0, 0.1) is 5.92 Å². The van der Waals surface area contributed by atoms with Gasteiger partial charge in [0.1, 0.15) is 53.3 Å². The number of hydrogen-bond acceptors (Lipinski definition) is 25. The number of allylic oxidation sites excluding steroid dienone is 2. The van der Waals surface area contributed by atoms with E-state index in [1.54, 1.807) is 18.2 Å². The molecule has 6 heterocycles. The number of aliphatic hydroxyl groups excluding tert-OH is 3. The summed E-state index contributed by atoms with van der Waals surface area (Å²) in [5.74, 6) is 3.78. The Hall–Kier alpha value is -3.83. The average molecular weight is 1820 g/mol. The molecule has 11 aromatic rings. The number of halogens is 6. The third-order valence-electron chi connectivity index (χ3n) is 14.2. The van der Waals surface area contributed by atoms with E-state index in [9.17, 15) is 4.79 Å². The minimum atomic E-state index is -1.07. The van der Waals surface area contributed by atoms with Gasteiger partial charge in [0.05, 0.1) is 40.7 Å². The summed E-state index contributed by atoms with van der Waals surface area (Å²) in [5.41, 5.74) is 17.5. The van der Waals surface area contributed by atoms with Crippen molar-refractivity contribution in [1.29, 1.82) is 0 Å². The normalized spacial score (nSPS) is 12.1. The van der Waals surface area contributed by atoms with Crippen molar-refractivity contribution in [3.05, 3.63) is 185 Å². The van der Waals surface area contributed by atoms with Crippen LogP contribution in [0.4, 0.5) is 5.69 Å². The number of alkyl halides is 2. The molecular formula is C72H85BBr4Cl2K2N6O19. The number of benzene rings is 6. The van der Waals surface area contributed by atoms with Crippen LogP contribution in [-0.4, -0.2) is 109 Å². The molecule has 1 aliphatic rings. The first kappa shape index (κ1) is 98.2. The Morgan fingerprint density at radius 2 is 0.962 bits per heavy atom. The third-order valence-corrected chi connectivity index (χ3v) is 17.2. The van der Waals surface area contributed by atoms with E-state index in [1.165, 1.54) is 39.4 Å². The number of para-hydroxylation sites is 6. The van der Waals surface area contributed by atoms with Gasteiger partial charge in [-0.3, -0.25) is 9.59 Å². The molecule has 6 N–H and O–H groups in total. The van der Waals surface area contributed by atoms with Crippen LogP contribution in [0.3, 0.4) is 0 Å². The molecule has 0 radical (unpaired) electrons. The van der Waals surface area contributed by atoms with Crippen molar-refractivity contribution in [2.45, 2.75) is 132 Å². The van der Waals surface area contributed by atoms with Crippen LogP contribution in [-0.2, 0) is 81.5 Å². The number of nitrogens with two attached hydrogens (primary N) is 1. The molecule has 0 aliphatic carbocycles. The van der Waals surface area contributed by atoms with Crippen LogP contribution < -0.4 is 114 Å². The molecule has 1 fully saturated rings. The summed E-state index contributed by atoms with van der Waals surface area (Å²) in [4.78, 5) is 42.6. The first-order valence-electron chi connectivity index (χ1n) is 31.5. The van der Waals surface area contributed by atoms with Crippen molar-refractivity contribution in [2.24, 2.45) is 5.92 Å². The van der Waals surface area contributed by atoms with E-state index in [0.29, 0.717) is 62.6 Å². The molecule has 106 heavy (non-hydrogen) atoms. The number of nitrogen functional groups attached to an aromatic ring is 1. The fourth-order valence-electron chi connectivity index (χ4n) is 8.64. The molecule has 1 aliphatic heterocycles. The zero-order valence-corrected chi connectivity index (χ0v) is 75.8. The van der Waals surface area contributed by atoms with Crippen LogP contribution in [0.25, 0.3) is 61.6 Å². The molecule has 0 atom stereocenters. The van der Waals surface area contributed by atoms with Gasteiger partial charge in [-0.05, 0) is 198 Å². The van der Waals surface area contributed by atoms with Crippen LogP contribution in [0.15, 0.2) is 166 Å². The van der Waals surface area contributed by atoms with Crippen molar-refractivity contribution < 1.29 is 195 Å². The van der Waals surface area contributed by atoms with Gasteiger partial charge in [0.25, 0.3) is 12.4 Å². The predicted molar refractivity (Wildman–Crippen MR) is 412 cm³/mol. The largest absolute Gasteiger partial charge is 1.00 e. The molecule has 564 valence electrons. The van der Waals surface area contributed by atoms with E-state index in [4.69, 9.17) is 110 Å². The molecular weight excluding hydrogens is 1730 g/mol. The smallest absolute Gasteiger partial charge is 1.00 e. The van der Waals surface area contributed by atoms with E-state index in [1.807, 2.05) is 125 Å². The number of aromatic hydroxyl groups is 1. The van der Waals surface area contributed by atoms with Crippen molar-refractivity contribution in [3.63, 3.8) is 0 Å². The number of phenolic OH excluding ortho intramolecular Hbond substituents is 1. The van der Waals surface area contributed by atoms with Gasteiger partial charge in [-0.1, -0.05) is 85.6 Å². The summed E-state index contributed by atoms with van der Waals surface area (Å²) in [5, 5.41) is 44.1. The minimum Gasteiger partial charge on any atom is -1.00 e. The van der Waals surface area contributed by atoms with Crippen molar-refractivity contribution in [3.8, 4) is 5.75 Å². The van der Waals surface area contributed by atoms with Crippen LogP contribution in [0.2, 0.25) is 0 Å². The Kier molecular flexibility index (Phi) is 45.9. The van der Waals surface area contributed by atoms with E-state index in [-0.39, 0.29) is 173 Å². The maximum Gasteiger partial charge on any atom is 1.00 e. The number of rotatable bonds is 15. The van der Waals surface area contributed by atoms with Gasteiger partial charge in [-0.25, -0.2) is 24.9 Å². The molecule has 0 spiro atoms. The maximum absolute atomic E-state index is 10.6. The summed E-state index contributed by atoms with van der Waals surface area (Å²) in [7, 11) is 4.22. The second-order valence-electron chi connectivity index (χ2n) is 23.6. The monoisotopic (exact) mass is 1810 g/mol. The van der Waals surface area contributed by atoms with Gasteiger partial charge in [0, 0.05) is 33.8 Å². The van der Waals surface area contributed by atoms with E-state index < -0.39 is 5.97 Å². The molecule has 5 aromatic heterocycles. The number of fused-ring (bicyclic) bond motifs is 5. The van der Waals surface area contributed by atoms with E-state index in [2.05, 4.69) is 141 Å². The van der Waals surface area contributed by atoms with Gasteiger partial charge in [-0.2, -0.15) is 0 Å². The van der Waals surface area contributed by atoms with E-state index in [0.717, 1.165) is 75.3 Å². The summed E-state index contributed by atoms with van der Waals surface area (Å²) >= 11 is 24.2. The Morgan fingerprint density at radius 3 is 1.32 bits per heavy atom. The number of hydrogen-bond donors (Lipinski definition) is 5. The number of aromatic nitrogens is 5. The van der Waals surface area contributed by atoms with Gasteiger partial charge in [0.2, 0.25) is 29.5 Å². The first-order chi connectivity index (χ1) is 49.3. The predicted octanol–water partition coefficient (Wildman–Crippen LogP) is 11.0. The Labute approximate surface area is 745 Å². The second kappa shape index (κ2) is 49.5. The van der Waals surface area contributed by atoms with Crippen LogP contribution in [0.1, 0.15) is 118 Å². The number of esters is 1. The van der Waals surface area contributed by atoms with Gasteiger partial charge >= 0.3 is 116 Å². The van der Waals surface area contributed by atoms with Gasteiger partial charge in [-0.15, -0.1) is 23.2 Å². The average Bonchev–Trinajstić information content (AvgIpc) is 1.65. The van der Waals surface area contributed by atoms with Gasteiger partial charge in [0.15, 0.2) is 40.3 Å². The molecule has 34 heteroatoms. The van der Waals surface area contributed by atoms with Crippen molar-refractivity contribution in [1.82, 2.24) is 24.9 Å². The number of oxazole rings is 5. The molecule has 25 nitrogen and oxygen atoms in total. The zero-order chi connectivity index (χ0) is 77.5. The molecule has 6 aromatic carbocycles.